The van der Waals surface area contributed by atoms with Crippen LogP contribution in [-0.2, 0) is 16.1 Å². The molecule has 0 aliphatic heterocycles. The van der Waals surface area contributed by atoms with Crippen LogP contribution in [0.4, 0.5) is 0 Å². The van der Waals surface area contributed by atoms with Crippen LogP contribution in [0.1, 0.15) is 24.2 Å². The maximum absolute atomic E-state index is 6.73. The molecule has 6 nitrogen and oxygen atoms in total. The second-order valence-corrected chi connectivity index (χ2v) is 10.5. The molecule has 2 heterocycles. The molecular formula is C37H35N3O3. The number of ether oxygens (including phenoxy) is 3. The van der Waals surface area contributed by atoms with E-state index < -0.39 is 0 Å². The van der Waals surface area contributed by atoms with Gasteiger partial charge >= 0.3 is 0 Å². The Bertz CT molecular complexity index is 1810. The summed E-state index contributed by atoms with van der Waals surface area (Å²) in [6, 6.07) is 31.6. The van der Waals surface area contributed by atoms with Gasteiger partial charge in [-0.15, -0.1) is 0 Å². The minimum Gasteiger partial charge on any atom is -0.485 e. The molecule has 0 fully saturated rings. The lowest BCUT2D eigenvalue weighted by Crippen LogP contribution is -2.12. The van der Waals surface area contributed by atoms with Gasteiger partial charge in [-0.2, -0.15) is 0 Å². The summed E-state index contributed by atoms with van der Waals surface area (Å²) in [4.78, 5) is 8.74. The van der Waals surface area contributed by atoms with E-state index in [9.17, 15) is 0 Å². The molecule has 6 rings (SSSR count). The highest BCUT2D eigenvalue weighted by Gasteiger charge is 2.16. The number of hydrogen-bond acceptors (Lipinski definition) is 6. The lowest BCUT2D eigenvalue weighted by atomic mass is 9.97. The first-order valence-electron chi connectivity index (χ1n) is 14.6. The molecule has 0 saturated heterocycles. The fourth-order valence-corrected chi connectivity index (χ4v) is 5.38. The monoisotopic (exact) mass is 569 g/mol. The van der Waals surface area contributed by atoms with Crippen LogP contribution in [0.25, 0.3) is 43.8 Å². The van der Waals surface area contributed by atoms with E-state index in [0.717, 1.165) is 49.7 Å². The summed E-state index contributed by atoms with van der Waals surface area (Å²) in [6.45, 7) is 4.61. The topological polar surface area (TPSA) is 79.5 Å². The third-order valence-electron chi connectivity index (χ3n) is 7.60. The van der Waals surface area contributed by atoms with Gasteiger partial charge in [0.15, 0.2) is 0 Å². The number of rotatable bonds is 12. The lowest BCUT2D eigenvalue weighted by molar-refractivity contribution is 0.0432. The van der Waals surface area contributed by atoms with Crippen LogP contribution in [0.2, 0.25) is 0 Å². The Morgan fingerprint density at radius 2 is 1.35 bits per heavy atom. The van der Waals surface area contributed by atoms with Crippen molar-refractivity contribution in [3.05, 3.63) is 127 Å². The third kappa shape index (κ3) is 6.57. The standard InChI is InChI=1S/C37H35N3O3/c1-26(28-9-11-31(12-10-28)32-6-2-4-29-14-17-39-23-35(29)32)43-37-22-27(25-42-21-20-41-19-16-38)8-13-34(37)33-7-3-5-30-15-18-40-24-36(30)33/h2-15,17-18,22-24,26H,16,19-21,25,38H2,1H3. The number of pyridine rings is 2. The average molecular weight is 570 g/mol. The highest BCUT2D eigenvalue weighted by molar-refractivity contribution is 5.98. The van der Waals surface area contributed by atoms with E-state index in [0.29, 0.717) is 33.0 Å². The number of hydrogen-bond donors (Lipinski definition) is 1. The third-order valence-corrected chi connectivity index (χ3v) is 7.60. The first kappa shape index (κ1) is 28.5. The number of aromatic nitrogens is 2. The van der Waals surface area contributed by atoms with Gasteiger partial charge in [0.1, 0.15) is 11.9 Å². The van der Waals surface area contributed by atoms with Gasteiger partial charge in [-0.3, -0.25) is 9.97 Å². The molecule has 0 radical (unpaired) electrons. The van der Waals surface area contributed by atoms with E-state index in [2.05, 4.69) is 95.8 Å². The van der Waals surface area contributed by atoms with Gasteiger partial charge in [-0.1, -0.05) is 72.8 Å². The molecule has 2 N–H and O–H groups in total. The fraction of sp³-hybridized carbons (Fsp3) is 0.189. The Kier molecular flexibility index (Phi) is 8.99. The molecule has 0 amide bonds. The maximum Gasteiger partial charge on any atom is 0.128 e. The van der Waals surface area contributed by atoms with Gasteiger partial charge in [-0.05, 0) is 63.7 Å². The van der Waals surface area contributed by atoms with Crippen LogP contribution < -0.4 is 10.5 Å². The summed E-state index contributed by atoms with van der Waals surface area (Å²) in [6.07, 6.45) is 7.31. The van der Waals surface area contributed by atoms with Crippen LogP contribution in [0.3, 0.4) is 0 Å². The van der Waals surface area contributed by atoms with Crippen molar-refractivity contribution < 1.29 is 14.2 Å². The summed E-state index contributed by atoms with van der Waals surface area (Å²) in [5, 5.41) is 4.53. The molecule has 43 heavy (non-hydrogen) atoms. The van der Waals surface area contributed by atoms with Gasteiger partial charge in [0.05, 0.1) is 26.4 Å². The highest BCUT2D eigenvalue weighted by Crippen LogP contribution is 2.38. The molecule has 1 atom stereocenters. The van der Waals surface area contributed by atoms with Gasteiger partial charge in [-0.25, -0.2) is 0 Å². The number of benzene rings is 4. The van der Waals surface area contributed by atoms with Gasteiger partial charge in [0.25, 0.3) is 0 Å². The zero-order valence-electron chi connectivity index (χ0n) is 24.3. The van der Waals surface area contributed by atoms with Crippen LogP contribution in [0, 0.1) is 0 Å². The Labute approximate surface area is 252 Å². The zero-order chi connectivity index (χ0) is 29.4. The molecule has 6 aromatic rings. The minimum atomic E-state index is -0.184. The summed E-state index contributed by atoms with van der Waals surface area (Å²) in [5.74, 6) is 0.800. The molecule has 4 aromatic carbocycles. The van der Waals surface area contributed by atoms with Crippen molar-refractivity contribution in [2.24, 2.45) is 5.73 Å². The number of fused-ring (bicyclic) bond motifs is 2. The fourth-order valence-electron chi connectivity index (χ4n) is 5.38. The molecule has 6 heteroatoms. The second kappa shape index (κ2) is 13.6. The predicted molar refractivity (Wildman–Crippen MR) is 173 cm³/mol. The maximum atomic E-state index is 6.73. The number of nitrogens with two attached hydrogens (primary N) is 1. The van der Waals surface area contributed by atoms with Crippen LogP contribution in [0.5, 0.6) is 5.75 Å². The van der Waals surface area contributed by atoms with E-state index in [-0.39, 0.29) is 6.10 Å². The van der Waals surface area contributed by atoms with Crippen molar-refractivity contribution in [2.45, 2.75) is 19.6 Å². The van der Waals surface area contributed by atoms with Crippen molar-refractivity contribution in [3.8, 4) is 28.0 Å². The smallest absolute Gasteiger partial charge is 0.128 e. The second-order valence-electron chi connectivity index (χ2n) is 10.5. The van der Waals surface area contributed by atoms with Crippen molar-refractivity contribution in [1.82, 2.24) is 9.97 Å². The normalized spacial score (nSPS) is 12.0. The minimum absolute atomic E-state index is 0.184. The number of nitrogens with zero attached hydrogens (tertiary/aromatic N) is 2. The molecular weight excluding hydrogens is 534 g/mol. The van der Waals surface area contributed by atoms with E-state index in [1.807, 2.05) is 36.9 Å². The predicted octanol–water partition coefficient (Wildman–Crippen LogP) is 7.75. The summed E-state index contributed by atoms with van der Waals surface area (Å²) >= 11 is 0. The van der Waals surface area contributed by atoms with Crippen molar-refractivity contribution >= 4 is 21.5 Å². The average Bonchev–Trinajstić information content (AvgIpc) is 3.06. The largest absolute Gasteiger partial charge is 0.485 e. The van der Waals surface area contributed by atoms with Crippen molar-refractivity contribution in [3.63, 3.8) is 0 Å². The Hall–Kier alpha value is -4.62. The summed E-state index contributed by atoms with van der Waals surface area (Å²) < 4.78 is 18.0. The van der Waals surface area contributed by atoms with Crippen molar-refractivity contribution in [2.75, 3.05) is 26.4 Å². The van der Waals surface area contributed by atoms with Crippen LogP contribution in [-0.4, -0.2) is 36.3 Å². The molecule has 0 bridgehead atoms. The van der Waals surface area contributed by atoms with Gasteiger partial charge in [0, 0.05) is 47.7 Å². The SMILES string of the molecule is CC(Oc1cc(COCCOCCN)ccc1-c1cccc2ccncc12)c1ccc(-c2cccc3ccncc23)cc1. The van der Waals surface area contributed by atoms with E-state index in [1.165, 1.54) is 10.9 Å². The molecule has 0 aliphatic rings. The first-order chi connectivity index (χ1) is 21.2. The van der Waals surface area contributed by atoms with Crippen LogP contribution >= 0.6 is 0 Å². The molecule has 0 aliphatic carbocycles. The molecule has 1 unspecified atom stereocenters. The first-order valence-corrected chi connectivity index (χ1v) is 14.6. The van der Waals surface area contributed by atoms with E-state index in [1.54, 1.807) is 0 Å². The Balaban J connectivity index is 1.27. The zero-order valence-corrected chi connectivity index (χ0v) is 24.3. The summed E-state index contributed by atoms with van der Waals surface area (Å²) in [7, 11) is 0. The van der Waals surface area contributed by atoms with Crippen molar-refractivity contribution in [1.29, 1.82) is 0 Å². The van der Waals surface area contributed by atoms with E-state index in [4.69, 9.17) is 19.9 Å². The molecule has 0 saturated carbocycles. The quantitative estimate of drug-likeness (QED) is 0.152. The van der Waals surface area contributed by atoms with E-state index >= 15 is 0 Å². The van der Waals surface area contributed by atoms with Crippen LogP contribution in [0.15, 0.2) is 116 Å². The Morgan fingerprint density at radius 3 is 2.07 bits per heavy atom. The summed E-state index contributed by atoms with van der Waals surface area (Å²) in [5.41, 5.74) is 12.0. The van der Waals surface area contributed by atoms with Gasteiger partial charge in [0.2, 0.25) is 0 Å². The molecule has 0 spiro atoms. The highest BCUT2D eigenvalue weighted by atomic mass is 16.5. The molecule has 216 valence electrons. The van der Waals surface area contributed by atoms with Gasteiger partial charge < -0.3 is 19.9 Å². The Morgan fingerprint density at radius 1 is 0.674 bits per heavy atom. The molecule has 2 aromatic heterocycles. The lowest BCUT2D eigenvalue weighted by Gasteiger charge is -2.20.